The van der Waals surface area contributed by atoms with Crippen LogP contribution in [0.3, 0.4) is 0 Å². The van der Waals surface area contributed by atoms with Crippen molar-refractivity contribution in [3.05, 3.63) is 0 Å². The summed E-state index contributed by atoms with van der Waals surface area (Å²) < 4.78 is 0. The third-order valence-electron chi connectivity index (χ3n) is 1.68. The number of rotatable bonds is 3. The molecule has 9 heavy (non-hydrogen) atoms. The lowest BCUT2D eigenvalue weighted by molar-refractivity contribution is 0.359. The van der Waals surface area contributed by atoms with Crippen molar-refractivity contribution in [3.63, 3.8) is 0 Å². The molecule has 0 radical (unpaired) electrons. The zero-order valence-corrected chi connectivity index (χ0v) is 7.07. The van der Waals surface area contributed by atoms with Crippen molar-refractivity contribution in [3.8, 4) is 0 Å². The van der Waals surface area contributed by atoms with Gasteiger partial charge in [0.15, 0.2) is 0 Å². The van der Waals surface area contributed by atoms with E-state index in [0.717, 1.165) is 18.8 Å². The Labute approximate surface area is 58.6 Å². The molecule has 0 rings (SSSR count). The highest BCUT2D eigenvalue weighted by Crippen LogP contribution is 2.15. The highest BCUT2D eigenvalue weighted by molar-refractivity contribution is 4.77. The molecule has 0 aliphatic heterocycles. The van der Waals surface area contributed by atoms with E-state index in [0.29, 0.717) is 0 Å². The molecule has 0 amide bonds. The average molecular weight is 129 g/mol. The molecule has 56 valence electrons. The second kappa shape index (κ2) is 3.21. The normalized spacial score (nSPS) is 18.0. The first-order valence-corrected chi connectivity index (χ1v) is 3.77. The summed E-state index contributed by atoms with van der Waals surface area (Å²) in [6, 6.07) is 0. The summed E-state index contributed by atoms with van der Waals surface area (Å²) in [4.78, 5) is 0. The molecule has 0 saturated heterocycles. The molecule has 0 aliphatic rings. The van der Waals surface area contributed by atoms with E-state index in [1.54, 1.807) is 0 Å². The fourth-order valence-electron chi connectivity index (χ4n) is 1.08. The van der Waals surface area contributed by atoms with E-state index < -0.39 is 0 Å². The standard InChI is InChI=1S/C8H19N/c1-5-8(4,9)6-7(2)3/h7H,5-6,9H2,1-4H3/t8-/m0/s1. The average Bonchev–Trinajstić information content (AvgIpc) is 1.63. The quantitative estimate of drug-likeness (QED) is 0.621. The minimum atomic E-state index is 0.0637. The fraction of sp³-hybridized carbons (Fsp3) is 1.00. The summed E-state index contributed by atoms with van der Waals surface area (Å²) in [7, 11) is 0. The molecular weight excluding hydrogens is 110 g/mol. The molecule has 0 fully saturated rings. The Kier molecular flexibility index (Phi) is 3.20. The van der Waals surface area contributed by atoms with E-state index in [-0.39, 0.29) is 5.54 Å². The molecule has 1 heteroatoms. The number of nitrogens with two attached hydrogens (primary N) is 1. The molecule has 0 unspecified atom stereocenters. The second-order valence-corrected chi connectivity index (χ2v) is 3.61. The molecule has 1 atom stereocenters. The molecule has 2 N–H and O–H groups in total. The van der Waals surface area contributed by atoms with Crippen molar-refractivity contribution in [1.29, 1.82) is 0 Å². The zero-order valence-electron chi connectivity index (χ0n) is 7.07. The van der Waals surface area contributed by atoms with Crippen LogP contribution < -0.4 is 5.73 Å². The molecule has 0 spiro atoms. The van der Waals surface area contributed by atoms with Crippen molar-refractivity contribution >= 4 is 0 Å². The van der Waals surface area contributed by atoms with Crippen LogP contribution in [-0.4, -0.2) is 5.54 Å². The van der Waals surface area contributed by atoms with Crippen LogP contribution in [0.2, 0.25) is 0 Å². The molecule has 0 aromatic rings. The van der Waals surface area contributed by atoms with Gasteiger partial charge in [-0.3, -0.25) is 0 Å². The van der Waals surface area contributed by atoms with Gasteiger partial charge in [0.1, 0.15) is 0 Å². The van der Waals surface area contributed by atoms with Crippen molar-refractivity contribution in [2.75, 3.05) is 0 Å². The Morgan fingerprint density at radius 3 is 2.00 bits per heavy atom. The third-order valence-corrected chi connectivity index (χ3v) is 1.68. The van der Waals surface area contributed by atoms with Crippen LogP contribution in [0.5, 0.6) is 0 Å². The molecule has 0 aliphatic carbocycles. The Morgan fingerprint density at radius 1 is 1.44 bits per heavy atom. The summed E-state index contributed by atoms with van der Waals surface area (Å²) in [5.41, 5.74) is 5.98. The maximum Gasteiger partial charge on any atom is 0.0125 e. The van der Waals surface area contributed by atoms with Crippen LogP contribution in [0.1, 0.15) is 40.5 Å². The van der Waals surface area contributed by atoms with Crippen LogP contribution >= 0.6 is 0 Å². The largest absolute Gasteiger partial charge is 0.325 e. The summed E-state index contributed by atoms with van der Waals surface area (Å²) in [6.45, 7) is 8.68. The van der Waals surface area contributed by atoms with E-state index in [1.807, 2.05) is 0 Å². The summed E-state index contributed by atoms with van der Waals surface area (Å²) in [5, 5.41) is 0. The van der Waals surface area contributed by atoms with Crippen LogP contribution in [0, 0.1) is 5.92 Å². The van der Waals surface area contributed by atoms with Gasteiger partial charge in [-0.15, -0.1) is 0 Å². The van der Waals surface area contributed by atoms with Gasteiger partial charge in [0.2, 0.25) is 0 Å². The lowest BCUT2D eigenvalue weighted by atomic mass is 9.90. The Balaban J connectivity index is 3.58. The summed E-state index contributed by atoms with van der Waals surface area (Å²) in [5.74, 6) is 0.722. The SMILES string of the molecule is CC[C@](C)(N)CC(C)C. The summed E-state index contributed by atoms with van der Waals surface area (Å²) in [6.07, 6.45) is 2.20. The van der Waals surface area contributed by atoms with Gasteiger partial charge in [0.05, 0.1) is 0 Å². The topological polar surface area (TPSA) is 26.0 Å². The highest BCUT2D eigenvalue weighted by Gasteiger charge is 2.16. The van der Waals surface area contributed by atoms with Gasteiger partial charge in [-0.05, 0) is 25.7 Å². The van der Waals surface area contributed by atoms with Gasteiger partial charge in [-0.2, -0.15) is 0 Å². The van der Waals surface area contributed by atoms with E-state index >= 15 is 0 Å². The lowest BCUT2D eigenvalue weighted by Gasteiger charge is -2.24. The van der Waals surface area contributed by atoms with Gasteiger partial charge in [0.25, 0.3) is 0 Å². The molecule has 0 aromatic heterocycles. The maximum absolute atomic E-state index is 5.92. The van der Waals surface area contributed by atoms with Crippen molar-refractivity contribution in [1.82, 2.24) is 0 Å². The predicted molar refractivity (Wildman–Crippen MR) is 42.3 cm³/mol. The van der Waals surface area contributed by atoms with Gasteiger partial charge < -0.3 is 5.73 Å². The first kappa shape index (κ1) is 8.96. The molecule has 0 heterocycles. The molecule has 0 aromatic carbocycles. The second-order valence-electron chi connectivity index (χ2n) is 3.61. The first-order valence-electron chi connectivity index (χ1n) is 3.77. The van der Waals surface area contributed by atoms with Crippen molar-refractivity contribution in [2.24, 2.45) is 11.7 Å². The molecule has 0 saturated carbocycles. The first-order chi connectivity index (χ1) is 3.98. The van der Waals surface area contributed by atoms with Crippen molar-refractivity contribution in [2.45, 2.75) is 46.1 Å². The maximum atomic E-state index is 5.92. The Morgan fingerprint density at radius 2 is 1.89 bits per heavy atom. The van der Waals surface area contributed by atoms with Gasteiger partial charge in [0, 0.05) is 5.54 Å². The number of hydrogen-bond acceptors (Lipinski definition) is 1. The van der Waals surface area contributed by atoms with Crippen LogP contribution in [0.4, 0.5) is 0 Å². The minimum Gasteiger partial charge on any atom is -0.325 e. The zero-order chi connectivity index (χ0) is 7.49. The highest BCUT2D eigenvalue weighted by atomic mass is 14.7. The Bertz CT molecular complexity index is 74.6. The molecular formula is C8H19N. The van der Waals surface area contributed by atoms with Gasteiger partial charge in [-0.25, -0.2) is 0 Å². The minimum absolute atomic E-state index is 0.0637. The third kappa shape index (κ3) is 4.46. The summed E-state index contributed by atoms with van der Waals surface area (Å²) >= 11 is 0. The van der Waals surface area contributed by atoms with E-state index in [9.17, 15) is 0 Å². The predicted octanol–water partition coefficient (Wildman–Crippen LogP) is 2.16. The van der Waals surface area contributed by atoms with Gasteiger partial charge >= 0.3 is 0 Å². The lowest BCUT2D eigenvalue weighted by Crippen LogP contribution is -2.36. The van der Waals surface area contributed by atoms with Gasteiger partial charge in [-0.1, -0.05) is 20.8 Å². The van der Waals surface area contributed by atoms with Crippen LogP contribution in [0.25, 0.3) is 0 Å². The molecule has 1 nitrogen and oxygen atoms in total. The van der Waals surface area contributed by atoms with Crippen LogP contribution in [0.15, 0.2) is 0 Å². The van der Waals surface area contributed by atoms with Crippen LogP contribution in [-0.2, 0) is 0 Å². The van der Waals surface area contributed by atoms with E-state index in [2.05, 4.69) is 27.7 Å². The Hall–Kier alpha value is -0.0400. The fourth-order valence-corrected chi connectivity index (χ4v) is 1.08. The smallest absolute Gasteiger partial charge is 0.0125 e. The number of hydrogen-bond donors (Lipinski definition) is 1. The van der Waals surface area contributed by atoms with E-state index in [4.69, 9.17) is 5.73 Å². The van der Waals surface area contributed by atoms with E-state index in [1.165, 1.54) is 0 Å². The molecule has 0 bridgehead atoms. The van der Waals surface area contributed by atoms with Crippen molar-refractivity contribution < 1.29 is 0 Å². The monoisotopic (exact) mass is 129 g/mol.